The highest BCUT2D eigenvalue weighted by molar-refractivity contribution is 5.84. The fourth-order valence-electron chi connectivity index (χ4n) is 2.91. The number of hydrogen-bond acceptors (Lipinski definition) is 6. The van der Waals surface area contributed by atoms with E-state index in [-0.39, 0.29) is 11.4 Å². The number of aliphatic carboxylic acids is 1. The molecule has 1 saturated heterocycles. The first-order valence-electron chi connectivity index (χ1n) is 9.31. The summed E-state index contributed by atoms with van der Waals surface area (Å²) in [6.07, 6.45) is -3.34. The Hall–Kier alpha value is -3.34. The van der Waals surface area contributed by atoms with Crippen molar-refractivity contribution in [2.24, 2.45) is 5.92 Å². The molecule has 0 radical (unpaired) electrons. The number of aromatic nitrogens is 3. The third-order valence-corrected chi connectivity index (χ3v) is 4.93. The highest BCUT2D eigenvalue weighted by Crippen LogP contribution is 2.34. The molecule has 3 heterocycles. The molecule has 0 aliphatic carbocycles. The predicted octanol–water partition coefficient (Wildman–Crippen LogP) is 3.34. The van der Waals surface area contributed by atoms with E-state index in [2.05, 4.69) is 34.3 Å². The Morgan fingerprint density at radius 1 is 1.19 bits per heavy atom. The van der Waals surface area contributed by atoms with Gasteiger partial charge in [-0.15, -0.1) is 0 Å². The molecule has 8 nitrogen and oxygen atoms in total. The third-order valence-electron chi connectivity index (χ3n) is 4.93. The fraction of sp³-hybridized carbons (Fsp3) is 0.350. The number of fused-ring (bicyclic) bond motifs is 1. The molecule has 1 aliphatic rings. The Morgan fingerprint density at radius 3 is 2.32 bits per heavy atom. The van der Waals surface area contributed by atoms with Crippen LogP contribution < -0.4 is 10.1 Å². The number of carbonyl (C=O) groups is 1. The first-order valence-corrected chi connectivity index (χ1v) is 9.31. The third kappa shape index (κ3) is 5.23. The van der Waals surface area contributed by atoms with Crippen molar-refractivity contribution in [2.75, 3.05) is 13.1 Å². The number of hydrogen-bond donors (Lipinski definition) is 4. The van der Waals surface area contributed by atoms with Gasteiger partial charge < -0.3 is 20.3 Å². The van der Waals surface area contributed by atoms with Crippen molar-refractivity contribution in [3.63, 3.8) is 0 Å². The summed E-state index contributed by atoms with van der Waals surface area (Å²) in [5.74, 6) is -1.28. The monoisotopic (exact) mass is 438 g/mol. The SMILES string of the molecule is CC(C)(Oc1cc(-c2ccc(O)cc2)nc2[nH]ncc12)C1CNC1.O=C(O)C(F)(F)F. The van der Waals surface area contributed by atoms with Gasteiger partial charge in [-0.05, 0) is 38.1 Å². The van der Waals surface area contributed by atoms with Crippen LogP contribution >= 0.6 is 0 Å². The smallest absolute Gasteiger partial charge is 0.490 e. The highest BCUT2D eigenvalue weighted by atomic mass is 19.4. The summed E-state index contributed by atoms with van der Waals surface area (Å²) in [5.41, 5.74) is 2.11. The van der Waals surface area contributed by atoms with E-state index in [1.165, 1.54) is 0 Å². The van der Waals surface area contributed by atoms with E-state index < -0.39 is 12.1 Å². The number of halogens is 3. The van der Waals surface area contributed by atoms with Gasteiger partial charge in [0.15, 0.2) is 5.65 Å². The van der Waals surface area contributed by atoms with Gasteiger partial charge >= 0.3 is 12.1 Å². The highest BCUT2D eigenvalue weighted by Gasteiger charge is 2.38. The molecule has 4 rings (SSSR count). The molecular weight excluding hydrogens is 417 g/mol. The molecule has 0 bridgehead atoms. The lowest BCUT2D eigenvalue weighted by molar-refractivity contribution is -0.192. The number of H-pyrrole nitrogens is 1. The van der Waals surface area contributed by atoms with E-state index in [9.17, 15) is 18.3 Å². The molecule has 166 valence electrons. The van der Waals surface area contributed by atoms with Crippen molar-refractivity contribution in [3.05, 3.63) is 36.5 Å². The van der Waals surface area contributed by atoms with Gasteiger partial charge in [-0.3, -0.25) is 5.10 Å². The van der Waals surface area contributed by atoms with Crippen LogP contribution in [-0.4, -0.2) is 56.2 Å². The minimum atomic E-state index is -5.08. The van der Waals surface area contributed by atoms with Gasteiger partial charge in [0.05, 0.1) is 17.3 Å². The van der Waals surface area contributed by atoms with E-state index in [1.807, 2.05) is 18.2 Å². The van der Waals surface area contributed by atoms with Crippen molar-refractivity contribution in [1.29, 1.82) is 0 Å². The van der Waals surface area contributed by atoms with Gasteiger partial charge in [-0.1, -0.05) is 0 Å². The van der Waals surface area contributed by atoms with Crippen LogP contribution in [0.3, 0.4) is 0 Å². The minimum absolute atomic E-state index is 0.233. The van der Waals surface area contributed by atoms with E-state index in [4.69, 9.17) is 14.6 Å². The number of rotatable bonds is 4. The quantitative estimate of drug-likeness (QED) is 0.493. The molecule has 0 unspecified atom stereocenters. The van der Waals surface area contributed by atoms with Gasteiger partial charge in [0.1, 0.15) is 17.1 Å². The fourth-order valence-corrected chi connectivity index (χ4v) is 2.91. The summed E-state index contributed by atoms with van der Waals surface area (Å²) in [5, 5.41) is 27.8. The van der Waals surface area contributed by atoms with Gasteiger partial charge in [0.25, 0.3) is 0 Å². The zero-order chi connectivity index (χ0) is 22.8. The number of pyridine rings is 1. The normalized spacial score (nSPS) is 14.5. The van der Waals surface area contributed by atoms with Crippen LogP contribution in [0.4, 0.5) is 13.2 Å². The molecule has 31 heavy (non-hydrogen) atoms. The second-order valence-corrected chi connectivity index (χ2v) is 7.55. The lowest BCUT2D eigenvalue weighted by Gasteiger charge is -2.41. The summed E-state index contributed by atoms with van der Waals surface area (Å²) in [6, 6.07) is 8.92. The van der Waals surface area contributed by atoms with Crippen molar-refractivity contribution in [2.45, 2.75) is 25.6 Å². The maximum atomic E-state index is 10.6. The van der Waals surface area contributed by atoms with E-state index in [0.29, 0.717) is 11.6 Å². The summed E-state index contributed by atoms with van der Waals surface area (Å²) in [4.78, 5) is 13.5. The molecule has 2 aromatic heterocycles. The topological polar surface area (TPSA) is 120 Å². The Kier molecular flexibility index (Phi) is 6.07. The molecule has 1 fully saturated rings. The molecule has 0 spiro atoms. The van der Waals surface area contributed by atoms with Gasteiger partial charge in [0, 0.05) is 30.6 Å². The largest absolute Gasteiger partial charge is 0.508 e. The minimum Gasteiger partial charge on any atom is -0.508 e. The van der Waals surface area contributed by atoms with Crippen molar-refractivity contribution in [3.8, 4) is 22.8 Å². The lowest BCUT2D eigenvalue weighted by atomic mass is 9.86. The molecule has 0 atom stereocenters. The number of aromatic hydroxyl groups is 1. The number of aromatic amines is 1. The van der Waals surface area contributed by atoms with Crippen molar-refractivity contribution in [1.82, 2.24) is 20.5 Å². The molecule has 0 amide bonds. The van der Waals surface area contributed by atoms with Crippen molar-refractivity contribution >= 4 is 17.0 Å². The number of ether oxygens (including phenoxy) is 1. The van der Waals surface area contributed by atoms with Gasteiger partial charge in [0.2, 0.25) is 0 Å². The first kappa shape index (κ1) is 22.3. The molecule has 4 N–H and O–H groups in total. The summed E-state index contributed by atoms with van der Waals surface area (Å²) in [7, 11) is 0. The maximum Gasteiger partial charge on any atom is 0.490 e. The van der Waals surface area contributed by atoms with Crippen LogP contribution in [-0.2, 0) is 4.79 Å². The van der Waals surface area contributed by atoms with Gasteiger partial charge in [-0.25, -0.2) is 9.78 Å². The average Bonchev–Trinajstić information content (AvgIpc) is 3.08. The zero-order valence-electron chi connectivity index (χ0n) is 16.7. The summed E-state index contributed by atoms with van der Waals surface area (Å²) < 4.78 is 38.1. The Morgan fingerprint density at radius 2 is 1.81 bits per heavy atom. The van der Waals surface area contributed by atoms with E-state index in [0.717, 1.165) is 35.5 Å². The van der Waals surface area contributed by atoms with Gasteiger partial charge in [-0.2, -0.15) is 18.3 Å². The van der Waals surface area contributed by atoms with Crippen LogP contribution in [0.25, 0.3) is 22.3 Å². The van der Waals surface area contributed by atoms with Crippen LogP contribution in [0.2, 0.25) is 0 Å². The number of carboxylic acids is 1. The molecule has 3 aromatic rings. The summed E-state index contributed by atoms with van der Waals surface area (Å²) >= 11 is 0. The molecule has 0 saturated carbocycles. The van der Waals surface area contributed by atoms with E-state index >= 15 is 0 Å². The second-order valence-electron chi connectivity index (χ2n) is 7.55. The van der Waals surface area contributed by atoms with Crippen LogP contribution in [0, 0.1) is 5.92 Å². The zero-order valence-corrected chi connectivity index (χ0v) is 16.7. The Labute approximate surface area is 175 Å². The summed E-state index contributed by atoms with van der Waals surface area (Å²) in [6.45, 7) is 6.17. The number of benzene rings is 1. The molecule has 1 aliphatic heterocycles. The number of alkyl halides is 3. The van der Waals surface area contributed by atoms with Crippen molar-refractivity contribution < 1.29 is 32.9 Å². The maximum absolute atomic E-state index is 10.6. The molecule has 11 heteroatoms. The number of phenols is 1. The average molecular weight is 438 g/mol. The Balaban J connectivity index is 0.000000339. The molecular formula is C20H21F3N4O4. The van der Waals surface area contributed by atoms with Crippen LogP contribution in [0.15, 0.2) is 36.5 Å². The molecule has 1 aromatic carbocycles. The Bertz CT molecular complexity index is 1060. The standard InChI is InChI=1S/C18H20N4O2.C2HF3O2/c1-18(2,12-8-19-9-12)24-16-7-15(11-3-5-13(23)6-4-11)21-17-14(16)10-20-22-17;3-2(4,5)1(6)7/h3-7,10,12,19,23H,8-9H2,1-2H3,(H,20,21,22);(H,6,7). The number of carboxylic acid groups (broad SMARTS) is 1. The number of nitrogens with zero attached hydrogens (tertiary/aromatic N) is 2. The first-order chi connectivity index (χ1) is 14.5. The number of phenolic OH excluding ortho intramolecular Hbond substituents is 1. The van der Waals surface area contributed by atoms with Crippen LogP contribution in [0.5, 0.6) is 11.5 Å². The van der Waals surface area contributed by atoms with Crippen LogP contribution in [0.1, 0.15) is 13.8 Å². The lowest BCUT2D eigenvalue weighted by Crippen LogP contribution is -2.55. The number of nitrogens with one attached hydrogen (secondary N) is 2. The van der Waals surface area contributed by atoms with E-state index in [1.54, 1.807) is 18.3 Å². The predicted molar refractivity (Wildman–Crippen MR) is 106 cm³/mol. The second kappa shape index (κ2) is 8.42.